The van der Waals surface area contributed by atoms with Crippen LogP contribution in [0.15, 0.2) is 22.6 Å². The molecule has 1 aromatic carbocycles. The molecule has 0 aliphatic carbocycles. The zero-order chi connectivity index (χ0) is 13.8. The number of benzene rings is 1. The van der Waals surface area contributed by atoms with Crippen LogP contribution in [0.5, 0.6) is 0 Å². The number of aromatic nitrogens is 2. The van der Waals surface area contributed by atoms with E-state index in [1.807, 2.05) is 6.92 Å². The van der Waals surface area contributed by atoms with Crippen LogP contribution in [-0.2, 0) is 0 Å². The lowest BCUT2D eigenvalue weighted by Crippen LogP contribution is -2.19. The number of hydrogen-bond donors (Lipinski definition) is 1. The Kier molecular flexibility index (Phi) is 4.50. The van der Waals surface area contributed by atoms with Crippen molar-refractivity contribution >= 4 is 11.6 Å². The second-order valence-electron chi connectivity index (χ2n) is 4.25. The van der Waals surface area contributed by atoms with Gasteiger partial charge in [0.25, 0.3) is 5.89 Å². The van der Waals surface area contributed by atoms with Gasteiger partial charge in [-0.05, 0) is 38.1 Å². The largest absolute Gasteiger partial charge is 0.419 e. The highest BCUT2D eigenvalue weighted by atomic mass is 35.5. The number of nitrogens with one attached hydrogen (secondary N) is 1. The SMILES string of the molecule is CCCNC(C)c1nnc(-c2cc(Cl)ccc2F)o1. The van der Waals surface area contributed by atoms with Crippen LogP contribution in [-0.4, -0.2) is 16.7 Å². The maximum atomic E-state index is 13.7. The van der Waals surface area contributed by atoms with Gasteiger partial charge in [-0.2, -0.15) is 0 Å². The van der Waals surface area contributed by atoms with Crippen molar-refractivity contribution in [1.29, 1.82) is 0 Å². The zero-order valence-electron chi connectivity index (χ0n) is 10.8. The molecule has 1 heterocycles. The average Bonchev–Trinajstić information content (AvgIpc) is 2.88. The van der Waals surface area contributed by atoms with Crippen LogP contribution in [0.2, 0.25) is 5.02 Å². The van der Waals surface area contributed by atoms with Gasteiger partial charge in [0.05, 0.1) is 11.6 Å². The van der Waals surface area contributed by atoms with E-state index in [2.05, 4.69) is 22.4 Å². The van der Waals surface area contributed by atoms with Gasteiger partial charge in [-0.3, -0.25) is 0 Å². The van der Waals surface area contributed by atoms with Crippen molar-refractivity contribution in [2.45, 2.75) is 26.3 Å². The maximum absolute atomic E-state index is 13.7. The van der Waals surface area contributed by atoms with E-state index in [1.165, 1.54) is 18.2 Å². The third kappa shape index (κ3) is 3.30. The van der Waals surface area contributed by atoms with Crippen LogP contribution in [0.1, 0.15) is 32.2 Å². The topological polar surface area (TPSA) is 51.0 Å². The van der Waals surface area contributed by atoms with E-state index in [0.29, 0.717) is 10.9 Å². The first-order valence-corrected chi connectivity index (χ1v) is 6.51. The molecule has 19 heavy (non-hydrogen) atoms. The van der Waals surface area contributed by atoms with Gasteiger partial charge >= 0.3 is 0 Å². The van der Waals surface area contributed by atoms with Crippen LogP contribution in [0.4, 0.5) is 4.39 Å². The summed E-state index contributed by atoms with van der Waals surface area (Å²) in [5, 5.41) is 11.4. The first-order valence-electron chi connectivity index (χ1n) is 6.14. The first kappa shape index (κ1) is 14.0. The predicted molar refractivity (Wildman–Crippen MR) is 71.4 cm³/mol. The average molecular weight is 284 g/mol. The van der Waals surface area contributed by atoms with E-state index in [-0.39, 0.29) is 17.5 Å². The third-order valence-corrected chi connectivity index (χ3v) is 2.91. The van der Waals surface area contributed by atoms with Crippen LogP contribution < -0.4 is 5.32 Å². The molecule has 1 atom stereocenters. The summed E-state index contributed by atoms with van der Waals surface area (Å²) in [6.07, 6.45) is 1.01. The maximum Gasteiger partial charge on any atom is 0.250 e. The molecule has 0 fully saturated rings. The highest BCUT2D eigenvalue weighted by Crippen LogP contribution is 2.26. The molecule has 6 heteroatoms. The fourth-order valence-electron chi connectivity index (χ4n) is 1.63. The van der Waals surface area contributed by atoms with Crippen molar-refractivity contribution in [3.8, 4) is 11.5 Å². The van der Waals surface area contributed by atoms with E-state index in [9.17, 15) is 4.39 Å². The molecule has 0 radical (unpaired) electrons. The minimum absolute atomic E-state index is 0.0663. The molecule has 1 unspecified atom stereocenters. The smallest absolute Gasteiger partial charge is 0.250 e. The fourth-order valence-corrected chi connectivity index (χ4v) is 1.80. The number of hydrogen-bond acceptors (Lipinski definition) is 4. The molecule has 0 aliphatic heterocycles. The van der Waals surface area contributed by atoms with Crippen LogP contribution in [0, 0.1) is 5.82 Å². The molecular weight excluding hydrogens is 269 g/mol. The Labute approximate surface area is 116 Å². The standard InChI is InChI=1S/C13H15ClFN3O/c1-3-6-16-8(2)12-17-18-13(19-12)10-7-9(14)4-5-11(10)15/h4-5,7-8,16H,3,6H2,1-2H3. The highest BCUT2D eigenvalue weighted by Gasteiger charge is 2.16. The lowest BCUT2D eigenvalue weighted by atomic mass is 10.2. The van der Waals surface area contributed by atoms with Gasteiger partial charge in [0.15, 0.2) is 0 Å². The number of halogens is 2. The second-order valence-corrected chi connectivity index (χ2v) is 4.68. The Hall–Kier alpha value is -1.46. The molecule has 102 valence electrons. The molecule has 2 rings (SSSR count). The monoisotopic (exact) mass is 283 g/mol. The van der Waals surface area contributed by atoms with Gasteiger partial charge in [-0.1, -0.05) is 18.5 Å². The van der Waals surface area contributed by atoms with Gasteiger partial charge in [-0.25, -0.2) is 4.39 Å². The Morgan fingerprint density at radius 2 is 2.21 bits per heavy atom. The highest BCUT2D eigenvalue weighted by molar-refractivity contribution is 6.30. The quantitative estimate of drug-likeness (QED) is 0.911. The Bertz CT molecular complexity index is 559. The molecule has 0 aliphatic rings. The third-order valence-electron chi connectivity index (χ3n) is 2.67. The molecule has 1 N–H and O–H groups in total. The summed E-state index contributed by atoms with van der Waals surface area (Å²) in [6.45, 7) is 4.84. The Morgan fingerprint density at radius 1 is 1.42 bits per heavy atom. The molecule has 0 bridgehead atoms. The summed E-state index contributed by atoms with van der Waals surface area (Å²) in [6, 6.07) is 4.16. The first-order chi connectivity index (χ1) is 9.11. The lowest BCUT2D eigenvalue weighted by molar-refractivity contribution is 0.422. The second kappa shape index (κ2) is 6.12. The van der Waals surface area contributed by atoms with Crippen LogP contribution >= 0.6 is 11.6 Å². The van der Waals surface area contributed by atoms with Crippen LogP contribution in [0.3, 0.4) is 0 Å². The Morgan fingerprint density at radius 3 is 2.95 bits per heavy atom. The summed E-state index contributed by atoms with van der Waals surface area (Å²) in [7, 11) is 0. The van der Waals surface area contributed by atoms with E-state index in [1.54, 1.807) is 0 Å². The zero-order valence-corrected chi connectivity index (χ0v) is 11.5. The van der Waals surface area contributed by atoms with Gasteiger partial charge in [0.2, 0.25) is 5.89 Å². The molecule has 2 aromatic rings. The minimum Gasteiger partial charge on any atom is -0.419 e. The minimum atomic E-state index is -0.436. The summed E-state index contributed by atoms with van der Waals surface area (Å²) in [5.74, 6) is 0.136. The van der Waals surface area contributed by atoms with E-state index in [0.717, 1.165) is 13.0 Å². The normalized spacial score (nSPS) is 12.6. The van der Waals surface area contributed by atoms with Crippen molar-refractivity contribution in [1.82, 2.24) is 15.5 Å². The van der Waals surface area contributed by atoms with Crippen molar-refractivity contribution in [2.75, 3.05) is 6.54 Å². The fraction of sp³-hybridized carbons (Fsp3) is 0.385. The summed E-state index contributed by atoms with van der Waals surface area (Å²) in [5.41, 5.74) is 0.217. The van der Waals surface area contributed by atoms with E-state index in [4.69, 9.17) is 16.0 Å². The van der Waals surface area contributed by atoms with Crippen molar-refractivity contribution in [2.24, 2.45) is 0 Å². The lowest BCUT2D eigenvalue weighted by Gasteiger charge is -2.07. The molecule has 4 nitrogen and oxygen atoms in total. The predicted octanol–water partition coefficient (Wildman–Crippen LogP) is 3.59. The van der Waals surface area contributed by atoms with Gasteiger partial charge in [0.1, 0.15) is 5.82 Å². The van der Waals surface area contributed by atoms with Gasteiger partial charge < -0.3 is 9.73 Å². The van der Waals surface area contributed by atoms with Gasteiger partial charge in [-0.15, -0.1) is 10.2 Å². The molecule has 0 amide bonds. The molecular formula is C13H15ClFN3O. The van der Waals surface area contributed by atoms with Crippen molar-refractivity contribution < 1.29 is 8.81 Å². The summed E-state index contributed by atoms with van der Waals surface area (Å²) < 4.78 is 19.1. The Balaban J connectivity index is 2.23. The summed E-state index contributed by atoms with van der Waals surface area (Å²) in [4.78, 5) is 0. The van der Waals surface area contributed by atoms with E-state index < -0.39 is 5.82 Å². The van der Waals surface area contributed by atoms with Crippen molar-refractivity contribution in [3.05, 3.63) is 34.9 Å². The molecule has 0 saturated carbocycles. The number of rotatable bonds is 5. The summed E-state index contributed by atoms with van der Waals surface area (Å²) >= 11 is 5.84. The van der Waals surface area contributed by atoms with Crippen molar-refractivity contribution in [3.63, 3.8) is 0 Å². The molecule has 0 spiro atoms. The molecule has 0 saturated heterocycles. The molecule has 1 aromatic heterocycles. The van der Waals surface area contributed by atoms with Crippen LogP contribution in [0.25, 0.3) is 11.5 Å². The number of nitrogens with zero attached hydrogens (tertiary/aromatic N) is 2. The van der Waals surface area contributed by atoms with E-state index >= 15 is 0 Å². The van der Waals surface area contributed by atoms with Gasteiger partial charge in [0, 0.05) is 5.02 Å².